The van der Waals surface area contributed by atoms with Crippen molar-refractivity contribution in [1.82, 2.24) is 15.1 Å². The molecule has 0 amide bonds. The fraction of sp³-hybridized carbons (Fsp3) is 1.00. The van der Waals surface area contributed by atoms with E-state index in [0.29, 0.717) is 0 Å². The second-order valence-corrected chi connectivity index (χ2v) is 5.72. The van der Waals surface area contributed by atoms with Crippen LogP contribution >= 0.6 is 0 Å². The largest absolute Gasteiger partial charge is 0.311 e. The number of hydrogen-bond donors (Lipinski definition) is 1. The molecule has 3 rings (SSSR count). The summed E-state index contributed by atoms with van der Waals surface area (Å²) in [5, 5.41) is 3.61. The van der Waals surface area contributed by atoms with Gasteiger partial charge in [0.05, 0.1) is 0 Å². The molecule has 92 valence electrons. The average Bonchev–Trinajstić information content (AvgIpc) is 3.07. The summed E-state index contributed by atoms with van der Waals surface area (Å²) < 4.78 is 0. The quantitative estimate of drug-likeness (QED) is 0.767. The van der Waals surface area contributed by atoms with E-state index < -0.39 is 0 Å². The summed E-state index contributed by atoms with van der Waals surface area (Å²) >= 11 is 0. The highest BCUT2D eigenvalue weighted by molar-refractivity contribution is 4.94. The van der Waals surface area contributed by atoms with Gasteiger partial charge in [0.2, 0.25) is 0 Å². The first-order valence-electron chi connectivity index (χ1n) is 7.08. The maximum atomic E-state index is 3.61. The summed E-state index contributed by atoms with van der Waals surface area (Å²) in [6.45, 7) is 8.74. The molecule has 0 aromatic heterocycles. The third kappa shape index (κ3) is 2.27. The molecule has 16 heavy (non-hydrogen) atoms. The zero-order chi connectivity index (χ0) is 11.0. The Labute approximate surface area is 99.2 Å². The highest BCUT2D eigenvalue weighted by atomic mass is 15.3. The van der Waals surface area contributed by atoms with Crippen molar-refractivity contribution >= 4 is 0 Å². The van der Waals surface area contributed by atoms with Gasteiger partial charge in [-0.2, -0.15) is 0 Å². The highest BCUT2D eigenvalue weighted by Crippen LogP contribution is 2.31. The second-order valence-electron chi connectivity index (χ2n) is 5.72. The fourth-order valence-corrected chi connectivity index (χ4v) is 3.29. The topological polar surface area (TPSA) is 18.5 Å². The Morgan fingerprint density at radius 1 is 1.00 bits per heavy atom. The van der Waals surface area contributed by atoms with Crippen LogP contribution in [0.15, 0.2) is 0 Å². The average molecular weight is 223 g/mol. The third-order valence-corrected chi connectivity index (χ3v) is 4.55. The molecule has 2 aliphatic heterocycles. The minimum Gasteiger partial charge on any atom is -0.311 e. The molecule has 3 nitrogen and oxygen atoms in total. The minimum absolute atomic E-state index is 0.740. The van der Waals surface area contributed by atoms with E-state index in [9.17, 15) is 0 Å². The Bertz CT molecular complexity index is 239. The standard InChI is InChI=1S/C13H25N3/c1-2-11-9-16(8-6-14-11)13-5-7-15(10-13)12-3-4-12/h11-14H,2-10H2,1H3. The Kier molecular flexibility index (Phi) is 3.18. The van der Waals surface area contributed by atoms with Crippen LogP contribution in [0.4, 0.5) is 0 Å². The molecule has 0 radical (unpaired) electrons. The molecule has 2 heterocycles. The lowest BCUT2D eigenvalue weighted by atomic mass is 10.1. The number of likely N-dealkylation sites (tertiary alicyclic amines) is 1. The van der Waals surface area contributed by atoms with E-state index in [1.807, 2.05) is 0 Å². The molecular formula is C13H25N3. The van der Waals surface area contributed by atoms with Gasteiger partial charge in [0, 0.05) is 50.8 Å². The molecule has 0 bridgehead atoms. The van der Waals surface area contributed by atoms with Gasteiger partial charge in [-0.25, -0.2) is 0 Å². The summed E-state index contributed by atoms with van der Waals surface area (Å²) in [5.41, 5.74) is 0. The molecule has 3 heteroatoms. The predicted octanol–water partition coefficient (Wildman–Crippen LogP) is 0.907. The highest BCUT2D eigenvalue weighted by Gasteiger charge is 2.37. The van der Waals surface area contributed by atoms with Gasteiger partial charge in [0.15, 0.2) is 0 Å². The van der Waals surface area contributed by atoms with Gasteiger partial charge in [0.25, 0.3) is 0 Å². The van der Waals surface area contributed by atoms with Crippen LogP contribution < -0.4 is 5.32 Å². The summed E-state index contributed by atoms with van der Waals surface area (Å²) in [4.78, 5) is 5.47. The first-order valence-corrected chi connectivity index (χ1v) is 7.08. The van der Waals surface area contributed by atoms with Gasteiger partial charge < -0.3 is 5.32 Å². The molecule has 0 aromatic rings. The van der Waals surface area contributed by atoms with Gasteiger partial charge in [-0.15, -0.1) is 0 Å². The number of nitrogens with zero attached hydrogens (tertiary/aromatic N) is 2. The molecule has 2 atom stereocenters. The van der Waals surface area contributed by atoms with Crippen molar-refractivity contribution in [1.29, 1.82) is 0 Å². The minimum atomic E-state index is 0.740. The summed E-state index contributed by atoms with van der Waals surface area (Å²) in [7, 11) is 0. The van der Waals surface area contributed by atoms with Crippen molar-refractivity contribution in [3.8, 4) is 0 Å². The SMILES string of the molecule is CCC1CN(C2CCN(C3CC3)C2)CCN1. The van der Waals surface area contributed by atoms with Crippen molar-refractivity contribution in [2.45, 2.75) is 50.7 Å². The van der Waals surface area contributed by atoms with Crippen LogP contribution in [-0.4, -0.2) is 60.6 Å². The zero-order valence-corrected chi connectivity index (χ0v) is 10.5. The lowest BCUT2D eigenvalue weighted by molar-refractivity contribution is 0.141. The number of nitrogens with one attached hydrogen (secondary N) is 1. The predicted molar refractivity (Wildman–Crippen MR) is 66.7 cm³/mol. The molecule has 2 unspecified atom stereocenters. The van der Waals surface area contributed by atoms with Gasteiger partial charge >= 0.3 is 0 Å². The molecule has 2 saturated heterocycles. The number of piperazine rings is 1. The zero-order valence-electron chi connectivity index (χ0n) is 10.5. The van der Waals surface area contributed by atoms with Crippen LogP contribution in [0.1, 0.15) is 32.6 Å². The van der Waals surface area contributed by atoms with Crippen LogP contribution in [0, 0.1) is 0 Å². The van der Waals surface area contributed by atoms with E-state index in [4.69, 9.17) is 0 Å². The Balaban J connectivity index is 1.52. The van der Waals surface area contributed by atoms with Crippen molar-refractivity contribution in [3.05, 3.63) is 0 Å². The van der Waals surface area contributed by atoms with Gasteiger partial charge in [-0.1, -0.05) is 6.92 Å². The lowest BCUT2D eigenvalue weighted by Crippen LogP contribution is -2.54. The lowest BCUT2D eigenvalue weighted by Gasteiger charge is -2.37. The molecule has 1 saturated carbocycles. The Morgan fingerprint density at radius 2 is 1.81 bits per heavy atom. The second kappa shape index (κ2) is 4.63. The third-order valence-electron chi connectivity index (χ3n) is 4.55. The smallest absolute Gasteiger partial charge is 0.0236 e. The fourth-order valence-electron chi connectivity index (χ4n) is 3.29. The molecule has 0 spiro atoms. The van der Waals surface area contributed by atoms with Crippen LogP contribution in [0.5, 0.6) is 0 Å². The van der Waals surface area contributed by atoms with E-state index in [-0.39, 0.29) is 0 Å². The molecular weight excluding hydrogens is 198 g/mol. The van der Waals surface area contributed by atoms with Gasteiger partial charge in [-0.3, -0.25) is 9.80 Å². The van der Waals surface area contributed by atoms with E-state index in [2.05, 4.69) is 22.0 Å². The van der Waals surface area contributed by atoms with Crippen molar-refractivity contribution < 1.29 is 0 Å². The normalized spacial score (nSPS) is 38.1. The first-order chi connectivity index (χ1) is 7.86. The Morgan fingerprint density at radius 3 is 2.56 bits per heavy atom. The maximum absolute atomic E-state index is 3.61. The van der Waals surface area contributed by atoms with E-state index in [0.717, 1.165) is 18.1 Å². The summed E-state index contributed by atoms with van der Waals surface area (Å²) in [5.74, 6) is 0. The van der Waals surface area contributed by atoms with E-state index in [1.54, 1.807) is 0 Å². The van der Waals surface area contributed by atoms with Crippen molar-refractivity contribution in [2.24, 2.45) is 0 Å². The van der Waals surface area contributed by atoms with Crippen molar-refractivity contribution in [2.75, 3.05) is 32.7 Å². The molecule has 3 fully saturated rings. The number of hydrogen-bond acceptors (Lipinski definition) is 3. The molecule has 1 aliphatic carbocycles. The molecule has 0 aromatic carbocycles. The molecule has 3 aliphatic rings. The summed E-state index contributed by atoms with van der Waals surface area (Å²) in [6.07, 6.45) is 5.61. The monoisotopic (exact) mass is 223 g/mol. The van der Waals surface area contributed by atoms with E-state index >= 15 is 0 Å². The van der Waals surface area contributed by atoms with Gasteiger partial charge in [0.1, 0.15) is 0 Å². The maximum Gasteiger partial charge on any atom is 0.0236 e. The van der Waals surface area contributed by atoms with Gasteiger partial charge in [-0.05, 0) is 25.7 Å². The van der Waals surface area contributed by atoms with Crippen LogP contribution in [-0.2, 0) is 0 Å². The summed E-state index contributed by atoms with van der Waals surface area (Å²) in [6, 6.07) is 2.57. The van der Waals surface area contributed by atoms with Crippen LogP contribution in [0.3, 0.4) is 0 Å². The van der Waals surface area contributed by atoms with Crippen molar-refractivity contribution in [3.63, 3.8) is 0 Å². The first kappa shape index (κ1) is 11.0. The Hall–Kier alpha value is -0.120. The van der Waals surface area contributed by atoms with E-state index in [1.165, 1.54) is 58.4 Å². The van der Waals surface area contributed by atoms with Crippen LogP contribution in [0.25, 0.3) is 0 Å². The molecule has 1 N–H and O–H groups in total. The van der Waals surface area contributed by atoms with Crippen LogP contribution in [0.2, 0.25) is 0 Å². The number of rotatable bonds is 3.